The molecule has 2 rings (SSSR count). The van der Waals surface area contributed by atoms with Crippen LogP contribution in [0.15, 0.2) is 24.4 Å². The molecule has 0 N–H and O–H groups in total. The molecule has 0 aliphatic heterocycles. The van der Waals surface area contributed by atoms with Crippen molar-refractivity contribution >= 4 is 0 Å². The minimum atomic E-state index is 0.357. The molecule has 1 aromatic heterocycles. The van der Waals surface area contributed by atoms with Crippen LogP contribution in [0.5, 0.6) is 5.75 Å². The van der Waals surface area contributed by atoms with Gasteiger partial charge in [-0.3, -0.25) is 0 Å². The van der Waals surface area contributed by atoms with Crippen LogP contribution < -0.4 is 4.74 Å². The molecule has 0 fully saturated rings. The van der Waals surface area contributed by atoms with Crippen molar-refractivity contribution in [2.75, 3.05) is 7.11 Å². The SMILES string of the molecule is COc1ccc(C(C)C)cc1-c1ncc(CC#N)n1C. The molecule has 4 nitrogen and oxygen atoms in total. The van der Waals surface area contributed by atoms with Crippen LogP contribution in [0.4, 0.5) is 0 Å². The van der Waals surface area contributed by atoms with E-state index in [1.54, 1.807) is 13.3 Å². The Bertz CT molecular complexity index is 650. The van der Waals surface area contributed by atoms with Crippen molar-refractivity contribution in [1.29, 1.82) is 5.26 Å². The molecule has 2 aromatic rings. The van der Waals surface area contributed by atoms with Gasteiger partial charge in [0.2, 0.25) is 0 Å². The predicted octanol–water partition coefficient (Wildman–Crippen LogP) is 3.29. The third-order valence-corrected chi connectivity index (χ3v) is 3.48. The topological polar surface area (TPSA) is 50.8 Å². The van der Waals surface area contributed by atoms with Gasteiger partial charge in [0, 0.05) is 13.2 Å². The van der Waals surface area contributed by atoms with Gasteiger partial charge < -0.3 is 9.30 Å². The highest BCUT2D eigenvalue weighted by molar-refractivity contribution is 5.66. The molecule has 0 aliphatic carbocycles. The Hall–Kier alpha value is -2.28. The summed E-state index contributed by atoms with van der Waals surface area (Å²) in [6.45, 7) is 4.32. The molecule has 4 heteroatoms. The zero-order valence-corrected chi connectivity index (χ0v) is 12.3. The van der Waals surface area contributed by atoms with Gasteiger partial charge in [0.15, 0.2) is 0 Å². The lowest BCUT2D eigenvalue weighted by atomic mass is 10.00. The number of aromatic nitrogens is 2. The summed E-state index contributed by atoms with van der Waals surface area (Å²) >= 11 is 0. The summed E-state index contributed by atoms with van der Waals surface area (Å²) in [4.78, 5) is 4.45. The van der Waals surface area contributed by atoms with Crippen LogP contribution in [0.1, 0.15) is 31.0 Å². The lowest BCUT2D eigenvalue weighted by molar-refractivity contribution is 0.415. The fourth-order valence-electron chi connectivity index (χ4n) is 2.20. The first-order valence-corrected chi connectivity index (χ1v) is 6.64. The van der Waals surface area contributed by atoms with E-state index in [0.717, 1.165) is 22.8 Å². The Morgan fingerprint density at radius 3 is 2.75 bits per heavy atom. The first-order valence-electron chi connectivity index (χ1n) is 6.64. The standard InChI is InChI=1S/C16H19N3O/c1-11(2)12-5-6-15(20-4)14(9-12)16-18-10-13(7-8-17)19(16)3/h5-6,9-11H,7H2,1-4H3. The second kappa shape index (κ2) is 5.79. The van der Waals surface area contributed by atoms with Gasteiger partial charge in [0.05, 0.1) is 30.9 Å². The van der Waals surface area contributed by atoms with E-state index in [0.29, 0.717) is 12.3 Å². The van der Waals surface area contributed by atoms with Gasteiger partial charge in [-0.2, -0.15) is 5.26 Å². The molecule has 104 valence electrons. The largest absolute Gasteiger partial charge is 0.496 e. The van der Waals surface area contributed by atoms with Gasteiger partial charge in [0.1, 0.15) is 11.6 Å². The van der Waals surface area contributed by atoms with E-state index in [4.69, 9.17) is 10.00 Å². The fourth-order valence-corrected chi connectivity index (χ4v) is 2.20. The first-order chi connectivity index (χ1) is 9.58. The average molecular weight is 269 g/mol. The lowest BCUT2D eigenvalue weighted by Crippen LogP contribution is -2.00. The summed E-state index contributed by atoms with van der Waals surface area (Å²) in [6, 6.07) is 8.32. The predicted molar refractivity (Wildman–Crippen MR) is 78.6 cm³/mol. The van der Waals surface area contributed by atoms with Crippen molar-refractivity contribution in [3.63, 3.8) is 0 Å². The second-order valence-electron chi connectivity index (χ2n) is 5.08. The fraction of sp³-hybridized carbons (Fsp3) is 0.375. The Kier molecular flexibility index (Phi) is 4.09. The van der Waals surface area contributed by atoms with Crippen LogP contribution in [0, 0.1) is 11.3 Å². The molecule has 0 radical (unpaired) electrons. The van der Waals surface area contributed by atoms with Crippen molar-refractivity contribution in [2.45, 2.75) is 26.2 Å². The maximum atomic E-state index is 8.83. The monoisotopic (exact) mass is 269 g/mol. The van der Waals surface area contributed by atoms with E-state index < -0.39 is 0 Å². The van der Waals surface area contributed by atoms with Crippen molar-refractivity contribution in [3.05, 3.63) is 35.7 Å². The molecule has 1 aromatic carbocycles. The zero-order valence-electron chi connectivity index (χ0n) is 12.3. The smallest absolute Gasteiger partial charge is 0.143 e. The highest BCUT2D eigenvalue weighted by Crippen LogP contribution is 2.32. The van der Waals surface area contributed by atoms with Crippen LogP contribution in [-0.4, -0.2) is 16.7 Å². The summed E-state index contributed by atoms with van der Waals surface area (Å²) < 4.78 is 7.39. The molecule has 20 heavy (non-hydrogen) atoms. The highest BCUT2D eigenvalue weighted by atomic mass is 16.5. The number of benzene rings is 1. The number of imidazole rings is 1. The normalized spacial score (nSPS) is 10.6. The molecule has 0 saturated heterocycles. The highest BCUT2D eigenvalue weighted by Gasteiger charge is 2.14. The minimum absolute atomic E-state index is 0.357. The molecule has 0 bridgehead atoms. The minimum Gasteiger partial charge on any atom is -0.496 e. The number of nitrogens with zero attached hydrogens (tertiary/aromatic N) is 3. The molecule has 0 aliphatic rings. The molecular formula is C16H19N3O. The number of methoxy groups -OCH3 is 1. The van der Waals surface area contributed by atoms with Crippen molar-refractivity contribution in [2.24, 2.45) is 7.05 Å². The Labute approximate surface area is 119 Å². The molecule has 0 spiro atoms. The Morgan fingerprint density at radius 2 is 2.15 bits per heavy atom. The maximum absolute atomic E-state index is 8.83. The van der Waals surface area contributed by atoms with E-state index in [9.17, 15) is 0 Å². The lowest BCUT2D eigenvalue weighted by Gasteiger charge is -2.13. The molecule has 0 saturated carbocycles. The third-order valence-electron chi connectivity index (χ3n) is 3.48. The van der Waals surface area contributed by atoms with Crippen molar-refractivity contribution < 1.29 is 4.74 Å². The van der Waals surface area contributed by atoms with E-state index >= 15 is 0 Å². The van der Waals surface area contributed by atoms with Crippen molar-refractivity contribution in [3.8, 4) is 23.2 Å². The van der Waals surface area contributed by atoms with E-state index in [2.05, 4.69) is 37.0 Å². The van der Waals surface area contributed by atoms with E-state index in [1.807, 2.05) is 17.7 Å². The molecular weight excluding hydrogens is 250 g/mol. The summed E-state index contributed by atoms with van der Waals surface area (Å²) in [5, 5.41) is 8.83. The quantitative estimate of drug-likeness (QED) is 0.855. The van der Waals surface area contributed by atoms with Crippen molar-refractivity contribution in [1.82, 2.24) is 9.55 Å². The number of ether oxygens (including phenoxy) is 1. The van der Waals surface area contributed by atoms with Gasteiger partial charge in [-0.05, 0) is 23.6 Å². The van der Waals surface area contributed by atoms with E-state index in [-0.39, 0.29) is 0 Å². The maximum Gasteiger partial charge on any atom is 0.143 e. The molecule has 0 amide bonds. The Balaban J connectivity index is 2.56. The number of nitriles is 1. The van der Waals surface area contributed by atoms with Crippen LogP contribution in [0.25, 0.3) is 11.4 Å². The molecule has 1 heterocycles. The van der Waals surface area contributed by atoms with Crippen LogP contribution >= 0.6 is 0 Å². The number of hydrogen-bond acceptors (Lipinski definition) is 3. The summed E-state index contributed by atoms with van der Waals surface area (Å²) in [7, 11) is 3.59. The van der Waals surface area contributed by atoms with Crippen LogP contribution in [0.3, 0.4) is 0 Å². The average Bonchev–Trinajstić information content (AvgIpc) is 2.80. The number of hydrogen-bond donors (Lipinski definition) is 0. The van der Waals surface area contributed by atoms with Gasteiger partial charge >= 0.3 is 0 Å². The second-order valence-corrected chi connectivity index (χ2v) is 5.08. The molecule has 0 unspecified atom stereocenters. The third kappa shape index (κ3) is 2.53. The van der Waals surface area contributed by atoms with Gasteiger partial charge in [-0.15, -0.1) is 0 Å². The van der Waals surface area contributed by atoms with Crippen LogP contribution in [-0.2, 0) is 13.5 Å². The van der Waals surface area contributed by atoms with Gasteiger partial charge in [0.25, 0.3) is 0 Å². The summed E-state index contributed by atoms with van der Waals surface area (Å²) in [6.07, 6.45) is 2.11. The zero-order chi connectivity index (χ0) is 14.7. The first kappa shape index (κ1) is 14.1. The summed E-state index contributed by atoms with van der Waals surface area (Å²) in [5.41, 5.74) is 3.11. The van der Waals surface area contributed by atoms with E-state index in [1.165, 1.54) is 5.56 Å². The van der Waals surface area contributed by atoms with Crippen LogP contribution in [0.2, 0.25) is 0 Å². The summed E-state index contributed by atoms with van der Waals surface area (Å²) in [5.74, 6) is 2.07. The van der Waals surface area contributed by atoms with Gasteiger partial charge in [-0.1, -0.05) is 19.9 Å². The molecule has 0 atom stereocenters. The number of rotatable bonds is 4. The van der Waals surface area contributed by atoms with Gasteiger partial charge in [-0.25, -0.2) is 4.98 Å². The Morgan fingerprint density at radius 1 is 1.40 bits per heavy atom.